The van der Waals surface area contributed by atoms with Gasteiger partial charge in [-0.05, 0) is 38.1 Å². The van der Waals surface area contributed by atoms with Crippen LogP contribution in [-0.4, -0.2) is 31.1 Å². The standard InChI is InChI=1S/C11H18N2O/c1-3-8(4-1)10-7-13-11(14-10)9-5-2-6-12-9/h8-10,12H,1-7H2. The van der Waals surface area contributed by atoms with Crippen LogP contribution in [-0.2, 0) is 4.74 Å². The molecule has 1 N–H and O–H groups in total. The van der Waals surface area contributed by atoms with Crippen LogP contribution in [0.5, 0.6) is 0 Å². The van der Waals surface area contributed by atoms with Crippen molar-refractivity contribution in [1.29, 1.82) is 0 Å². The fourth-order valence-electron chi connectivity index (χ4n) is 2.55. The maximum atomic E-state index is 5.94. The van der Waals surface area contributed by atoms with Gasteiger partial charge < -0.3 is 10.1 Å². The van der Waals surface area contributed by atoms with Crippen LogP contribution in [0.2, 0.25) is 0 Å². The van der Waals surface area contributed by atoms with Crippen molar-refractivity contribution in [2.24, 2.45) is 10.9 Å². The van der Waals surface area contributed by atoms with E-state index in [0.717, 1.165) is 24.9 Å². The Bertz CT molecular complexity index is 242. The Balaban J connectivity index is 1.56. The first-order valence-corrected chi connectivity index (χ1v) is 5.88. The first-order chi connectivity index (χ1) is 6.93. The van der Waals surface area contributed by atoms with E-state index in [0.29, 0.717) is 12.1 Å². The van der Waals surface area contributed by atoms with Crippen molar-refractivity contribution in [2.75, 3.05) is 13.1 Å². The van der Waals surface area contributed by atoms with Crippen molar-refractivity contribution in [3.05, 3.63) is 0 Å². The van der Waals surface area contributed by atoms with Crippen LogP contribution in [0.15, 0.2) is 4.99 Å². The van der Waals surface area contributed by atoms with E-state index < -0.39 is 0 Å². The first-order valence-electron chi connectivity index (χ1n) is 5.88. The third-order valence-electron chi connectivity index (χ3n) is 3.73. The number of aliphatic imine (C=N–C) groups is 1. The normalized spacial score (nSPS) is 37.9. The van der Waals surface area contributed by atoms with Crippen LogP contribution < -0.4 is 5.32 Å². The molecule has 2 fully saturated rings. The molecule has 0 aromatic rings. The van der Waals surface area contributed by atoms with Gasteiger partial charge in [-0.3, -0.25) is 4.99 Å². The highest BCUT2D eigenvalue weighted by Crippen LogP contribution is 2.33. The first kappa shape index (κ1) is 8.72. The van der Waals surface area contributed by atoms with Gasteiger partial charge in [0.1, 0.15) is 6.10 Å². The van der Waals surface area contributed by atoms with E-state index in [9.17, 15) is 0 Å². The van der Waals surface area contributed by atoms with Gasteiger partial charge in [0.05, 0.1) is 12.6 Å². The van der Waals surface area contributed by atoms with E-state index in [4.69, 9.17) is 4.74 Å². The van der Waals surface area contributed by atoms with Crippen molar-refractivity contribution in [2.45, 2.75) is 44.2 Å². The minimum atomic E-state index is 0.418. The Morgan fingerprint density at radius 1 is 1.21 bits per heavy atom. The largest absolute Gasteiger partial charge is 0.474 e. The van der Waals surface area contributed by atoms with Gasteiger partial charge in [-0.1, -0.05) is 6.42 Å². The van der Waals surface area contributed by atoms with E-state index >= 15 is 0 Å². The maximum absolute atomic E-state index is 5.94. The van der Waals surface area contributed by atoms with Gasteiger partial charge in [0.25, 0.3) is 0 Å². The Morgan fingerprint density at radius 3 is 2.79 bits per heavy atom. The number of nitrogens with zero attached hydrogens (tertiary/aromatic N) is 1. The van der Waals surface area contributed by atoms with E-state index in [-0.39, 0.29) is 0 Å². The predicted molar refractivity (Wildman–Crippen MR) is 55.5 cm³/mol. The topological polar surface area (TPSA) is 33.6 Å². The van der Waals surface area contributed by atoms with Crippen LogP contribution in [0.25, 0.3) is 0 Å². The van der Waals surface area contributed by atoms with Gasteiger partial charge in [-0.2, -0.15) is 0 Å². The molecule has 1 aliphatic carbocycles. The highest BCUT2D eigenvalue weighted by molar-refractivity contribution is 5.83. The second-order valence-electron chi connectivity index (χ2n) is 4.68. The number of nitrogens with one attached hydrogen (secondary N) is 1. The van der Waals surface area contributed by atoms with Crippen molar-refractivity contribution in [1.82, 2.24) is 5.32 Å². The third kappa shape index (κ3) is 1.44. The molecule has 0 bridgehead atoms. The summed E-state index contributed by atoms with van der Waals surface area (Å²) in [5.41, 5.74) is 0. The summed E-state index contributed by atoms with van der Waals surface area (Å²) >= 11 is 0. The average Bonchev–Trinajstić information content (AvgIpc) is 2.65. The van der Waals surface area contributed by atoms with E-state index in [1.807, 2.05) is 0 Å². The lowest BCUT2D eigenvalue weighted by atomic mass is 9.81. The SMILES string of the molecule is C1CNC(C2=NCC(C3CCC3)O2)C1. The highest BCUT2D eigenvalue weighted by Gasteiger charge is 2.35. The van der Waals surface area contributed by atoms with E-state index in [1.165, 1.54) is 32.1 Å². The third-order valence-corrected chi connectivity index (χ3v) is 3.73. The summed E-state index contributed by atoms with van der Waals surface area (Å²) < 4.78 is 5.94. The van der Waals surface area contributed by atoms with Gasteiger partial charge in [-0.25, -0.2) is 0 Å². The molecule has 0 spiro atoms. The van der Waals surface area contributed by atoms with Gasteiger partial charge in [0.15, 0.2) is 0 Å². The minimum Gasteiger partial charge on any atom is -0.474 e. The van der Waals surface area contributed by atoms with Crippen molar-refractivity contribution in [3.63, 3.8) is 0 Å². The second-order valence-corrected chi connectivity index (χ2v) is 4.68. The van der Waals surface area contributed by atoms with E-state index in [2.05, 4.69) is 10.3 Å². The van der Waals surface area contributed by atoms with Crippen LogP contribution >= 0.6 is 0 Å². The molecule has 3 aliphatic rings. The quantitative estimate of drug-likeness (QED) is 0.719. The molecule has 14 heavy (non-hydrogen) atoms. The summed E-state index contributed by atoms with van der Waals surface area (Å²) in [6.45, 7) is 2.04. The van der Waals surface area contributed by atoms with Gasteiger partial charge in [0, 0.05) is 0 Å². The van der Waals surface area contributed by atoms with Crippen LogP contribution in [0, 0.1) is 5.92 Å². The Labute approximate surface area is 84.9 Å². The Morgan fingerprint density at radius 2 is 2.14 bits per heavy atom. The van der Waals surface area contributed by atoms with Crippen LogP contribution in [0.3, 0.4) is 0 Å². The number of rotatable bonds is 2. The monoisotopic (exact) mass is 194 g/mol. The lowest BCUT2D eigenvalue weighted by Crippen LogP contribution is -2.35. The fraction of sp³-hybridized carbons (Fsp3) is 0.909. The molecule has 2 atom stereocenters. The summed E-state index contributed by atoms with van der Waals surface area (Å²) in [6.07, 6.45) is 6.98. The second kappa shape index (κ2) is 3.54. The molecule has 2 heterocycles. The zero-order chi connectivity index (χ0) is 9.38. The Kier molecular flexibility index (Phi) is 2.20. The molecule has 2 aliphatic heterocycles. The number of hydrogen-bond acceptors (Lipinski definition) is 3. The van der Waals surface area contributed by atoms with Crippen molar-refractivity contribution < 1.29 is 4.74 Å². The fourth-order valence-corrected chi connectivity index (χ4v) is 2.55. The smallest absolute Gasteiger partial charge is 0.201 e. The van der Waals surface area contributed by atoms with Gasteiger partial charge in [-0.15, -0.1) is 0 Å². The summed E-state index contributed by atoms with van der Waals surface area (Å²) in [4.78, 5) is 4.53. The molecule has 78 valence electrons. The zero-order valence-corrected chi connectivity index (χ0v) is 8.54. The predicted octanol–water partition coefficient (Wildman–Crippen LogP) is 1.34. The molecule has 0 amide bonds. The summed E-state index contributed by atoms with van der Waals surface area (Å²) in [6, 6.07) is 0.431. The maximum Gasteiger partial charge on any atom is 0.201 e. The molecule has 0 aromatic carbocycles. The molecule has 3 rings (SSSR count). The molecule has 3 heteroatoms. The van der Waals surface area contributed by atoms with Gasteiger partial charge >= 0.3 is 0 Å². The molecule has 2 unspecified atom stereocenters. The van der Waals surface area contributed by atoms with Crippen LogP contribution in [0.4, 0.5) is 0 Å². The molecule has 0 radical (unpaired) electrons. The molecule has 1 saturated carbocycles. The molecular formula is C11H18N2O. The van der Waals surface area contributed by atoms with Crippen molar-refractivity contribution >= 4 is 5.90 Å². The molecule has 0 aromatic heterocycles. The summed E-state index contributed by atoms with van der Waals surface area (Å²) in [5.74, 6) is 1.80. The van der Waals surface area contributed by atoms with Crippen LogP contribution in [0.1, 0.15) is 32.1 Å². The lowest BCUT2D eigenvalue weighted by Gasteiger charge is -2.30. The summed E-state index contributed by atoms with van der Waals surface area (Å²) in [5, 5.41) is 3.44. The molecule has 3 nitrogen and oxygen atoms in total. The highest BCUT2D eigenvalue weighted by atomic mass is 16.5. The van der Waals surface area contributed by atoms with Crippen molar-refractivity contribution in [3.8, 4) is 0 Å². The minimum absolute atomic E-state index is 0.418. The molecule has 1 saturated heterocycles. The number of ether oxygens (including phenoxy) is 1. The van der Waals surface area contributed by atoms with E-state index in [1.54, 1.807) is 0 Å². The van der Waals surface area contributed by atoms with Gasteiger partial charge in [0.2, 0.25) is 5.90 Å². The number of hydrogen-bond donors (Lipinski definition) is 1. The Hall–Kier alpha value is -0.570. The average molecular weight is 194 g/mol. The lowest BCUT2D eigenvalue weighted by molar-refractivity contribution is 0.0940. The zero-order valence-electron chi connectivity index (χ0n) is 8.54. The molecular weight excluding hydrogens is 176 g/mol. The summed E-state index contributed by atoms with van der Waals surface area (Å²) in [7, 11) is 0.